The van der Waals surface area contributed by atoms with Crippen LogP contribution in [0.3, 0.4) is 0 Å². The van der Waals surface area contributed by atoms with E-state index in [2.05, 4.69) is 25.9 Å². The smallest absolute Gasteiger partial charge is 0.207 e. The van der Waals surface area contributed by atoms with E-state index in [-0.39, 0.29) is 5.03 Å². The van der Waals surface area contributed by atoms with E-state index in [0.717, 1.165) is 21.0 Å². The number of nitrogens with one attached hydrogen (secondary N) is 1. The van der Waals surface area contributed by atoms with E-state index in [1.165, 1.54) is 0 Å². The topological polar surface area (TPSA) is 62.8 Å². The van der Waals surface area contributed by atoms with Crippen molar-refractivity contribution >= 4 is 36.8 Å². The molecule has 1 aliphatic rings. The lowest BCUT2D eigenvalue weighted by Crippen LogP contribution is -2.35. The fourth-order valence-corrected chi connectivity index (χ4v) is 5.47. The summed E-state index contributed by atoms with van der Waals surface area (Å²) in [6.45, 7) is 1.99. The van der Waals surface area contributed by atoms with Crippen LogP contribution in [0.25, 0.3) is 11.0 Å². The Balaban J connectivity index is 1.93. The normalized spacial score (nSPS) is 20.3. The number of sulfone groups is 1. The molecule has 2 heterocycles. The number of fused-ring (bicyclic) bond motifs is 1. The van der Waals surface area contributed by atoms with Crippen LogP contribution >= 0.6 is 15.9 Å². The highest BCUT2D eigenvalue weighted by molar-refractivity contribution is 9.11. The molecule has 1 N–H and O–H groups in total. The fraction of sp³-hybridized carbons (Fsp3) is 0.150. The molecule has 1 aromatic carbocycles. The Morgan fingerprint density at radius 1 is 1.19 bits per heavy atom. The molecule has 0 radical (unpaired) electrons. The maximum atomic E-state index is 13.7. The van der Waals surface area contributed by atoms with E-state index in [1.54, 1.807) is 24.4 Å². The van der Waals surface area contributed by atoms with Crippen LogP contribution in [0.2, 0.25) is 0 Å². The molecule has 0 saturated carbocycles. The predicted octanol–water partition coefficient (Wildman–Crippen LogP) is 4.78. The van der Waals surface area contributed by atoms with Gasteiger partial charge in [0.05, 0.1) is 0 Å². The highest BCUT2D eigenvalue weighted by Crippen LogP contribution is 2.43. The minimum Gasteiger partial charge on any atom is -0.330 e. The number of halogens is 1. The average molecular weight is 429 g/mol. The van der Waals surface area contributed by atoms with Crippen molar-refractivity contribution < 1.29 is 8.42 Å². The third kappa shape index (κ3) is 2.64. The summed E-state index contributed by atoms with van der Waals surface area (Å²) in [5, 5.41) is 0.962. The standard InChI is InChI=1S/C20H17BrN2O2S/c1-14-4-6-16(7-5-14)20(10-8-17(21)9-11-20)26(24,25)18-13-15-3-2-12-22-19(15)23-18/h2-10,12-13H,11H2,1H3,(H,22,23). The zero-order valence-corrected chi connectivity index (χ0v) is 16.5. The van der Waals surface area contributed by atoms with Crippen LogP contribution in [0.4, 0.5) is 0 Å². The summed E-state index contributed by atoms with van der Waals surface area (Å²) in [4.78, 5) is 7.21. The van der Waals surface area contributed by atoms with Crippen LogP contribution in [0.5, 0.6) is 0 Å². The summed E-state index contributed by atoms with van der Waals surface area (Å²) in [5.74, 6) is 0. The lowest BCUT2D eigenvalue weighted by molar-refractivity contribution is 0.554. The Morgan fingerprint density at radius 3 is 2.62 bits per heavy atom. The van der Waals surface area contributed by atoms with Gasteiger partial charge in [-0.1, -0.05) is 64.0 Å². The number of hydrogen-bond acceptors (Lipinski definition) is 3. The van der Waals surface area contributed by atoms with Crippen LogP contribution in [0, 0.1) is 6.92 Å². The van der Waals surface area contributed by atoms with E-state index in [9.17, 15) is 8.42 Å². The molecular weight excluding hydrogens is 412 g/mol. The summed E-state index contributed by atoms with van der Waals surface area (Å²) in [6, 6.07) is 13.0. The molecule has 0 fully saturated rings. The van der Waals surface area contributed by atoms with Gasteiger partial charge in [-0.05, 0) is 37.1 Å². The van der Waals surface area contributed by atoms with Crippen molar-refractivity contribution in [2.24, 2.45) is 0 Å². The third-order valence-corrected chi connectivity index (χ3v) is 7.67. The first-order valence-corrected chi connectivity index (χ1v) is 10.5. The van der Waals surface area contributed by atoms with Gasteiger partial charge < -0.3 is 4.98 Å². The van der Waals surface area contributed by atoms with Gasteiger partial charge >= 0.3 is 0 Å². The molecule has 1 aliphatic carbocycles. The van der Waals surface area contributed by atoms with Crippen molar-refractivity contribution in [3.63, 3.8) is 0 Å². The van der Waals surface area contributed by atoms with Crippen LogP contribution in [0.15, 0.2) is 76.4 Å². The molecule has 4 rings (SSSR count). The molecule has 1 atom stereocenters. The lowest BCUT2D eigenvalue weighted by atomic mass is 9.91. The van der Waals surface area contributed by atoms with Gasteiger partial charge in [-0.3, -0.25) is 0 Å². The minimum atomic E-state index is -3.72. The first kappa shape index (κ1) is 17.2. The van der Waals surface area contributed by atoms with Crippen molar-refractivity contribution in [3.05, 3.63) is 82.5 Å². The molecule has 0 aliphatic heterocycles. The molecule has 4 nitrogen and oxygen atoms in total. The summed E-state index contributed by atoms with van der Waals surface area (Å²) >= 11 is 3.44. The second-order valence-electron chi connectivity index (χ2n) is 6.46. The molecule has 6 heteroatoms. The molecular formula is C20H17BrN2O2S. The van der Waals surface area contributed by atoms with Gasteiger partial charge in [-0.2, -0.15) is 0 Å². The molecule has 0 bridgehead atoms. The molecule has 26 heavy (non-hydrogen) atoms. The highest BCUT2D eigenvalue weighted by Gasteiger charge is 2.45. The van der Waals surface area contributed by atoms with Gasteiger partial charge in [0, 0.05) is 16.1 Å². The van der Waals surface area contributed by atoms with Crippen LogP contribution < -0.4 is 0 Å². The number of allylic oxidation sites excluding steroid dienone is 3. The van der Waals surface area contributed by atoms with Crippen molar-refractivity contribution in [1.82, 2.24) is 9.97 Å². The number of hydrogen-bond donors (Lipinski definition) is 1. The molecule has 0 amide bonds. The quantitative estimate of drug-likeness (QED) is 0.652. The number of aromatic amines is 1. The Labute approximate surface area is 160 Å². The summed E-state index contributed by atoms with van der Waals surface area (Å²) < 4.78 is 27.2. The van der Waals surface area contributed by atoms with E-state index >= 15 is 0 Å². The first-order valence-electron chi connectivity index (χ1n) is 8.23. The van der Waals surface area contributed by atoms with E-state index in [1.807, 2.05) is 49.4 Å². The molecule has 132 valence electrons. The molecule has 0 spiro atoms. The molecule has 3 aromatic rings. The number of benzene rings is 1. The van der Waals surface area contributed by atoms with Crippen LogP contribution in [-0.2, 0) is 14.6 Å². The number of pyridine rings is 1. The van der Waals surface area contributed by atoms with Gasteiger partial charge in [-0.25, -0.2) is 13.4 Å². The molecule has 1 unspecified atom stereocenters. The Bertz CT molecular complexity index is 1110. The summed E-state index contributed by atoms with van der Waals surface area (Å²) in [7, 11) is -3.72. The Morgan fingerprint density at radius 2 is 1.96 bits per heavy atom. The zero-order valence-electron chi connectivity index (χ0n) is 14.1. The van der Waals surface area contributed by atoms with Gasteiger partial charge in [0.15, 0.2) is 0 Å². The number of aromatic nitrogens is 2. The monoisotopic (exact) mass is 428 g/mol. The summed E-state index contributed by atoms with van der Waals surface area (Å²) in [6.07, 6.45) is 7.49. The fourth-order valence-electron chi connectivity index (χ4n) is 3.28. The largest absolute Gasteiger partial charge is 0.330 e. The number of H-pyrrole nitrogens is 1. The first-order chi connectivity index (χ1) is 12.4. The van der Waals surface area contributed by atoms with Gasteiger partial charge in [0.1, 0.15) is 15.4 Å². The van der Waals surface area contributed by atoms with Crippen LogP contribution in [-0.4, -0.2) is 18.4 Å². The maximum absolute atomic E-state index is 13.7. The number of nitrogens with zero attached hydrogens (tertiary/aromatic N) is 1. The lowest BCUT2D eigenvalue weighted by Gasteiger charge is -2.31. The zero-order chi connectivity index (χ0) is 18.4. The molecule has 2 aromatic heterocycles. The van der Waals surface area contributed by atoms with Gasteiger partial charge in [0.2, 0.25) is 9.84 Å². The van der Waals surface area contributed by atoms with Crippen molar-refractivity contribution in [3.8, 4) is 0 Å². The summed E-state index contributed by atoms with van der Waals surface area (Å²) in [5.41, 5.74) is 2.41. The van der Waals surface area contributed by atoms with E-state index < -0.39 is 14.6 Å². The predicted molar refractivity (Wildman–Crippen MR) is 107 cm³/mol. The van der Waals surface area contributed by atoms with E-state index in [4.69, 9.17) is 0 Å². The highest BCUT2D eigenvalue weighted by atomic mass is 79.9. The van der Waals surface area contributed by atoms with Gasteiger partial charge in [-0.15, -0.1) is 0 Å². The Hall–Kier alpha value is -2.18. The second-order valence-corrected chi connectivity index (χ2v) is 9.55. The average Bonchev–Trinajstić information content (AvgIpc) is 3.08. The van der Waals surface area contributed by atoms with Crippen molar-refractivity contribution in [2.45, 2.75) is 23.1 Å². The second kappa shape index (κ2) is 6.21. The van der Waals surface area contributed by atoms with Crippen LogP contribution in [0.1, 0.15) is 17.5 Å². The van der Waals surface area contributed by atoms with E-state index in [0.29, 0.717) is 12.1 Å². The maximum Gasteiger partial charge on any atom is 0.207 e. The van der Waals surface area contributed by atoms with Crippen molar-refractivity contribution in [1.29, 1.82) is 0 Å². The number of aryl methyl sites for hydroxylation is 1. The number of rotatable bonds is 3. The third-order valence-electron chi connectivity index (χ3n) is 4.79. The van der Waals surface area contributed by atoms with Crippen molar-refractivity contribution in [2.75, 3.05) is 0 Å². The SMILES string of the molecule is Cc1ccc(C2(S(=O)(=O)c3cc4cccnc4[nH]3)C=CC(Br)=CC2)cc1. The van der Waals surface area contributed by atoms with Gasteiger partial charge in [0.25, 0.3) is 0 Å². The minimum absolute atomic E-state index is 0.183. The Kier molecular flexibility index (Phi) is 4.12. The molecule has 0 saturated heterocycles.